The normalized spacial score (nSPS) is 11.9. The van der Waals surface area contributed by atoms with Gasteiger partial charge in [0.1, 0.15) is 0 Å². The van der Waals surface area contributed by atoms with Gasteiger partial charge >= 0.3 is 0 Å². The first-order valence-electron chi connectivity index (χ1n) is 11.5. The average molecular weight is 493 g/mol. The number of hydrogen-bond donors (Lipinski definition) is 3. The second-order valence-corrected chi connectivity index (χ2v) is 9.47. The Morgan fingerprint density at radius 1 is 0.972 bits per heavy atom. The minimum atomic E-state index is -0.0301. The third-order valence-corrected chi connectivity index (χ3v) is 6.95. The Balaban J connectivity index is 0.000000149. The lowest BCUT2D eigenvalue weighted by molar-refractivity contribution is -0.109. The van der Waals surface area contributed by atoms with E-state index in [1.807, 2.05) is 73.8 Å². The SMILES string of the molecule is Cc1ccc2c(c1)NC(=O)c1ccccc1S2.O=CNCc1ccc(-c2ccc3[nH]ccc3c2)nc1. The maximum absolute atomic E-state index is 12.1. The van der Waals surface area contributed by atoms with Gasteiger partial charge in [0.2, 0.25) is 6.41 Å². The molecule has 0 saturated carbocycles. The molecule has 0 atom stereocenters. The molecular formula is C29H24N4O2S. The fourth-order valence-electron chi connectivity index (χ4n) is 3.95. The fourth-order valence-corrected chi connectivity index (χ4v) is 4.96. The van der Waals surface area contributed by atoms with Gasteiger partial charge in [0.25, 0.3) is 5.91 Å². The Bertz CT molecular complexity index is 1540. The lowest BCUT2D eigenvalue weighted by Crippen LogP contribution is -2.11. The first-order valence-corrected chi connectivity index (χ1v) is 12.3. The van der Waals surface area contributed by atoms with Gasteiger partial charge in [-0.2, -0.15) is 0 Å². The zero-order valence-electron chi connectivity index (χ0n) is 19.6. The van der Waals surface area contributed by atoms with Crippen molar-refractivity contribution in [1.82, 2.24) is 15.3 Å². The highest BCUT2D eigenvalue weighted by Gasteiger charge is 2.19. The molecule has 0 bridgehead atoms. The Labute approximate surface area is 213 Å². The van der Waals surface area contributed by atoms with Gasteiger partial charge in [-0.3, -0.25) is 14.6 Å². The van der Waals surface area contributed by atoms with Crippen LogP contribution in [-0.2, 0) is 11.3 Å². The molecule has 3 N–H and O–H groups in total. The Hall–Kier alpha value is -4.36. The molecule has 1 aliphatic heterocycles. The van der Waals surface area contributed by atoms with E-state index in [4.69, 9.17) is 0 Å². The zero-order chi connectivity index (χ0) is 24.9. The zero-order valence-corrected chi connectivity index (χ0v) is 20.4. The highest BCUT2D eigenvalue weighted by Crippen LogP contribution is 2.38. The van der Waals surface area contributed by atoms with Gasteiger partial charge in [-0.25, -0.2) is 0 Å². The number of aromatic nitrogens is 2. The second kappa shape index (κ2) is 10.5. The number of H-pyrrole nitrogens is 1. The molecule has 3 heterocycles. The summed E-state index contributed by atoms with van der Waals surface area (Å²) in [4.78, 5) is 32.0. The summed E-state index contributed by atoms with van der Waals surface area (Å²) >= 11 is 1.63. The van der Waals surface area contributed by atoms with E-state index < -0.39 is 0 Å². The summed E-state index contributed by atoms with van der Waals surface area (Å²) < 4.78 is 0. The van der Waals surface area contributed by atoms with Crippen LogP contribution in [0, 0.1) is 6.92 Å². The van der Waals surface area contributed by atoms with Crippen molar-refractivity contribution in [2.24, 2.45) is 0 Å². The number of nitrogens with one attached hydrogen (secondary N) is 3. The van der Waals surface area contributed by atoms with Crippen molar-refractivity contribution in [3.63, 3.8) is 0 Å². The number of aromatic amines is 1. The van der Waals surface area contributed by atoms with Crippen LogP contribution >= 0.6 is 11.8 Å². The predicted molar refractivity (Wildman–Crippen MR) is 144 cm³/mol. The molecule has 0 spiro atoms. The van der Waals surface area contributed by atoms with Crippen LogP contribution in [0.15, 0.2) is 101 Å². The van der Waals surface area contributed by atoms with Gasteiger partial charge in [0, 0.05) is 45.2 Å². The maximum Gasteiger partial charge on any atom is 0.256 e. The fraction of sp³-hybridized carbons (Fsp3) is 0.0690. The molecule has 2 amide bonds. The van der Waals surface area contributed by atoms with Gasteiger partial charge < -0.3 is 15.6 Å². The minimum Gasteiger partial charge on any atom is -0.361 e. The van der Waals surface area contributed by atoms with Crippen LogP contribution in [0.5, 0.6) is 0 Å². The van der Waals surface area contributed by atoms with E-state index in [1.54, 1.807) is 18.0 Å². The van der Waals surface area contributed by atoms with Crippen molar-refractivity contribution in [2.45, 2.75) is 23.3 Å². The summed E-state index contributed by atoms with van der Waals surface area (Å²) in [6.45, 7) is 2.53. The molecule has 178 valence electrons. The van der Waals surface area contributed by atoms with Crippen LogP contribution in [0.1, 0.15) is 21.5 Å². The summed E-state index contributed by atoms with van der Waals surface area (Å²) in [5.41, 5.74) is 6.91. The number of nitrogens with zero attached hydrogens (tertiary/aromatic N) is 1. The summed E-state index contributed by atoms with van der Waals surface area (Å²) in [6.07, 6.45) is 4.40. The number of anilines is 1. The molecule has 0 radical (unpaired) electrons. The molecule has 7 heteroatoms. The first kappa shape index (κ1) is 23.4. The molecule has 36 heavy (non-hydrogen) atoms. The number of carbonyl (C=O) groups is 2. The second-order valence-electron chi connectivity index (χ2n) is 8.38. The Kier molecular flexibility index (Phi) is 6.82. The smallest absolute Gasteiger partial charge is 0.256 e. The summed E-state index contributed by atoms with van der Waals surface area (Å²) in [6, 6.07) is 26.0. The van der Waals surface area contributed by atoms with Crippen molar-refractivity contribution in [3.8, 4) is 11.3 Å². The molecule has 2 aromatic heterocycles. The van der Waals surface area contributed by atoms with Crippen molar-refractivity contribution in [2.75, 3.05) is 5.32 Å². The molecular weight excluding hydrogens is 468 g/mol. The summed E-state index contributed by atoms with van der Waals surface area (Å²) in [7, 11) is 0. The van der Waals surface area contributed by atoms with Crippen LogP contribution in [0.2, 0.25) is 0 Å². The number of fused-ring (bicyclic) bond motifs is 3. The molecule has 0 saturated heterocycles. The van der Waals surface area contributed by atoms with Crippen LogP contribution in [0.3, 0.4) is 0 Å². The third kappa shape index (κ3) is 5.16. The molecule has 0 aliphatic carbocycles. The quantitative estimate of drug-likeness (QED) is 0.261. The van der Waals surface area contributed by atoms with Crippen LogP contribution in [-0.4, -0.2) is 22.3 Å². The Morgan fingerprint density at radius 2 is 1.86 bits per heavy atom. The molecule has 0 unspecified atom stereocenters. The molecule has 5 aromatic rings. The number of pyridine rings is 1. The molecule has 1 aliphatic rings. The molecule has 6 nitrogen and oxygen atoms in total. The predicted octanol–water partition coefficient (Wildman–Crippen LogP) is 6.19. The van der Waals surface area contributed by atoms with Gasteiger partial charge in [0.05, 0.1) is 16.9 Å². The van der Waals surface area contributed by atoms with Gasteiger partial charge in [-0.05, 0) is 66.6 Å². The highest BCUT2D eigenvalue weighted by atomic mass is 32.2. The van der Waals surface area contributed by atoms with E-state index in [0.29, 0.717) is 13.0 Å². The van der Waals surface area contributed by atoms with Crippen molar-refractivity contribution in [3.05, 3.63) is 108 Å². The van der Waals surface area contributed by atoms with Gasteiger partial charge in [-0.1, -0.05) is 42.1 Å². The van der Waals surface area contributed by atoms with E-state index in [1.165, 1.54) is 5.39 Å². The van der Waals surface area contributed by atoms with Crippen molar-refractivity contribution in [1.29, 1.82) is 0 Å². The van der Waals surface area contributed by atoms with E-state index in [9.17, 15) is 9.59 Å². The number of amides is 2. The van der Waals surface area contributed by atoms with Crippen molar-refractivity contribution < 1.29 is 9.59 Å². The third-order valence-electron chi connectivity index (χ3n) is 5.80. The van der Waals surface area contributed by atoms with Crippen molar-refractivity contribution >= 4 is 40.7 Å². The van der Waals surface area contributed by atoms with Crippen LogP contribution < -0.4 is 10.6 Å². The van der Waals surface area contributed by atoms with Crippen LogP contribution in [0.4, 0.5) is 5.69 Å². The molecule has 3 aromatic carbocycles. The largest absolute Gasteiger partial charge is 0.361 e. The highest BCUT2D eigenvalue weighted by molar-refractivity contribution is 7.99. The van der Waals surface area contributed by atoms with E-state index >= 15 is 0 Å². The number of benzene rings is 3. The summed E-state index contributed by atoms with van der Waals surface area (Å²) in [5, 5.41) is 6.75. The topological polar surface area (TPSA) is 86.9 Å². The van der Waals surface area contributed by atoms with Gasteiger partial charge in [0.15, 0.2) is 0 Å². The standard InChI is InChI=1S/C15H13N3O.C14H11NOS/c19-10-16-8-11-1-3-15(18-9-11)12-2-4-14-13(7-12)5-6-17-14;1-9-6-7-13-11(8-9)15-14(16)10-4-2-3-5-12(10)17-13/h1-7,9-10,17H,8H2,(H,16,19);2-8H,1H3,(H,15,16). The number of rotatable bonds is 4. The van der Waals surface area contributed by atoms with E-state index in [0.717, 1.165) is 48.9 Å². The first-order chi connectivity index (χ1) is 17.6. The van der Waals surface area contributed by atoms with Gasteiger partial charge in [-0.15, -0.1) is 0 Å². The average Bonchev–Trinajstić information content (AvgIpc) is 3.33. The maximum atomic E-state index is 12.1. The minimum absolute atomic E-state index is 0.0301. The number of aryl methyl sites for hydroxylation is 1. The van der Waals surface area contributed by atoms with E-state index in [2.05, 4.69) is 38.8 Å². The molecule has 0 fully saturated rings. The lowest BCUT2D eigenvalue weighted by atomic mass is 10.1. The number of carbonyl (C=O) groups excluding carboxylic acids is 2. The molecule has 6 rings (SSSR count). The lowest BCUT2D eigenvalue weighted by Gasteiger charge is -2.06. The summed E-state index contributed by atoms with van der Waals surface area (Å²) in [5.74, 6) is -0.0301. The number of hydrogen-bond acceptors (Lipinski definition) is 4. The Morgan fingerprint density at radius 3 is 2.69 bits per heavy atom. The van der Waals surface area contributed by atoms with Crippen LogP contribution in [0.25, 0.3) is 22.2 Å². The van der Waals surface area contributed by atoms with E-state index in [-0.39, 0.29) is 5.91 Å². The monoisotopic (exact) mass is 492 g/mol.